The van der Waals surface area contributed by atoms with Gasteiger partial charge in [0.2, 0.25) is 11.8 Å². The molecular weight excluding hydrogens is 330 g/mol. The Balaban J connectivity index is 1.89. The Morgan fingerprint density at radius 1 is 1.53 bits per heavy atom. The van der Waals surface area contributed by atoms with Crippen molar-refractivity contribution < 1.29 is 9.32 Å². The summed E-state index contributed by atoms with van der Waals surface area (Å²) in [5.41, 5.74) is 7.22. The molecule has 1 heterocycles. The predicted octanol–water partition coefficient (Wildman–Crippen LogP) is 3.06. The minimum Gasteiger partial charge on any atom is -0.398 e. The molecule has 100 valence electrons. The van der Waals surface area contributed by atoms with Crippen molar-refractivity contribution >= 4 is 45.2 Å². The van der Waals surface area contributed by atoms with Crippen molar-refractivity contribution in [3.8, 4) is 0 Å². The number of aromatic nitrogens is 1. The molecule has 2 rings (SSSR count). The van der Waals surface area contributed by atoms with Crippen molar-refractivity contribution in [1.29, 1.82) is 0 Å². The molecule has 0 aliphatic rings. The Kier molecular flexibility index (Phi) is 4.49. The first kappa shape index (κ1) is 14.0. The Labute approximate surface area is 123 Å². The molecule has 3 N–H and O–H groups in total. The molecule has 0 atom stereocenters. The van der Waals surface area contributed by atoms with E-state index in [0.29, 0.717) is 11.6 Å². The fourth-order valence-corrected chi connectivity index (χ4v) is 2.52. The first-order valence-corrected chi connectivity index (χ1v) is 7.23. The van der Waals surface area contributed by atoms with Crippen LogP contribution >= 0.6 is 27.7 Å². The molecular formula is C12H12BrN3O2S. The molecule has 0 radical (unpaired) electrons. The Bertz CT molecular complexity index is 600. The monoisotopic (exact) mass is 341 g/mol. The van der Waals surface area contributed by atoms with Crippen LogP contribution < -0.4 is 11.1 Å². The minimum absolute atomic E-state index is 0.163. The van der Waals surface area contributed by atoms with Crippen molar-refractivity contribution in [1.82, 2.24) is 5.16 Å². The van der Waals surface area contributed by atoms with Crippen LogP contribution in [0.15, 0.2) is 38.2 Å². The Hall–Kier alpha value is -1.47. The van der Waals surface area contributed by atoms with Crippen molar-refractivity contribution in [2.24, 2.45) is 0 Å². The first-order chi connectivity index (χ1) is 9.04. The van der Waals surface area contributed by atoms with Crippen molar-refractivity contribution in [3.63, 3.8) is 0 Å². The number of carbonyl (C=O) groups is 1. The lowest BCUT2D eigenvalue weighted by Crippen LogP contribution is -2.13. The highest BCUT2D eigenvalue weighted by Crippen LogP contribution is 2.27. The summed E-state index contributed by atoms with van der Waals surface area (Å²) < 4.78 is 5.82. The van der Waals surface area contributed by atoms with Gasteiger partial charge in [-0.25, -0.2) is 0 Å². The number of nitrogen functional groups attached to an aromatic ring is 1. The van der Waals surface area contributed by atoms with Gasteiger partial charge in [0.1, 0.15) is 0 Å². The van der Waals surface area contributed by atoms with E-state index >= 15 is 0 Å². The van der Waals surface area contributed by atoms with Gasteiger partial charge in [-0.1, -0.05) is 21.1 Å². The fraction of sp³-hybridized carbons (Fsp3) is 0.167. The van der Waals surface area contributed by atoms with Gasteiger partial charge in [-0.05, 0) is 25.1 Å². The van der Waals surface area contributed by atoms with Crippen LogP contribution in [0.4, 0.5) is 11.6 Å². The van der Waals surface area contributed by atoms with Crippen LogP contribution in [0, 0.1) is 6.92 Å². The summed E-state index contributed by atoms with van der Waals surface area (Å²) in [5.74, 6) is 0.446. The van der Waals surface area contributed by atoms with E-state index in [4.69, 9.17) is 10.3 Å². The summed E-state index contributed by atoms with van der Waals surface area (Å²) in [6, 6.07) is 7.23. The summed E-state index contributed by atoms with van der Waals surface area (Å²) >= 11 is 4.70. The normalized spacial score (nSPS) is 10.4. The third kappa shape index (κ3) is 4.00. The van der Waals surface area contributed by atoms with Gasteiger partial charge in [0.25, 0.3) is 0 Å². The predicted molar refractivity (Wildman–Crippen MR) is 79.1 cm³/mol. The van der Waals surface area contributed by atoms with Gasteiger partial charge in [-0.15, -0.1) is 11.8 Å². The first-order valence-electron chi connectivity index (χ1n) is 5.45. The van der Waals surface area contributed by atoms with E-state index in [1.54, 1.807) is 19.1 Å². The topological polar surface area (TPSA) is 81.2 Å². The average Bonchev–Trinajstić information content (AvgIpc) is 2.73. The zero-order valence-electron chi connectivity index (χ0n) is 10.1. The molecule has 0 aliphatic heterocycles. The molecule has 1 amide bonds. The zero-order chi connectivity index (χ0) is 13.8. The lowest BCUT2D eigenvalue weighted by molar-refractivity contribution is -0.113. The number of thioether (sulfide) groups is 1. The molecule has 1 aromatic heterocycles. The third-order valence-corrected chi connectivity index (χ3v) is 3.80. The Morgan fingerprint density at radius 2 is 2.32 bits per heavy atom. The van der Waals surface area contributed by atoms with E-state index in [2.05, 4.69) is 26.4 Å². The highest BCUT2D eigenvalue weighted by atomic mass is 79.9. The van der Waals surface area contributed by atoms with Crippen LogP contribution in [0.25, 0.3) is 0 Å². The molecule has 0 aliphatic carbocycles. The summed E-state index contributed by atoms with van der Waals surface area (Å²) in [6.07, 6.45) is 0. The van der Waals surface area contributed by atoms with Crippen LogP contribution in [0.5, 0.6) is 0 Å². The highest BCUT2D eigenvalue weighted by molar-refractivity contribution is 9.10. The molecule has 0 bridgehead atoms. The van der Waals surface area contributed by atoms with Crippen LogP contribution in [-0.2, 0) is 4.79 Å². The number of amides is 1. The molecule has 5 nitrogen and oxygen atoms in total. The number of hydrogen-bond acceptors (Lipinski definition) is 5. The number of hydrogen-bond donors (Lipinski definition) is 2. The van der Waals surface area contributed by atoms with E-state index in [-0.39, 0.29) is 11.7 Å². The van der Waals surface area contributed by atoms with Crippen LogP contribution in [-0.4, -0.2) is 16.8 Å². The number of nitrogens with two attached hydrogens (primary N) is 1. The SMILES string of the molecule is Cc1cc(NC(=O)CSc2ccc(Br)cc2N)on1. The van der Waals surface area contributed by atoms with E-state index in [9.17, 15) is 4.79 Å². The van der Waals surface area contributed by atoms with E-state index < -0.39 is 0 Å². The number of aryl methyl sites for hydroxylation is 1. The van der Waals surface area contributed by atoms with Gasteiger partial charge in [0.05, 0.1) is 11.4 Å². The maximum atomic E-state index is 11.7. The van der Waals surface area contributed by atoms with Gasteiger partial charge >= 0.3 is 0 Å². The molecule has 0 saturated carbocycles. The van der Waals surface area contributed by atoms with E-state index in [0.717, 1.165) is 15.1 Å². The van der Waals surface area contributed by atoms with Crippen molar-refractivity contribution in [2.45, 2.75) is 11.8 Å². The summed E-state index contributed by atoms with van der Waals surface area (Å²) in [4.78, 5) is 12.6. The van der Waals surface area contributed by atoms with E-state index in [1.807, 2.05) is 12.1 Å². The second kappa shape index (κ2) is 6.12. The maximum absolute atomic E-state index is 11.7. The van der Waals surface area contributed by atoms with Crippen molar-refractivity contribution in [2.75, 3.05) is 16.8 Å². The smallest absolute Gasteiger partial charge is 0.237 e. The van der Waals surface area contributed by atoms with Crippen LogP contribution in [0.2, 0.25) is 0 Å². The number of anilines is 2. The molecule has 19 heavy (non-hydrogen) atoms. The highest BCUT2D eigenvalue weighted by Gasteiger charge is 2.08. The maximum Gasteiger partial charge on any atom is 0.237 e. The molecule has 0 spiro atoms. The van der Waals surface area contributed by atoms with E-state index in [1.165, 1.54) is 11.8 Å². The Morgan fingerprint density at radius 3 is 2.95 bits per heavy atom. The largest absolute Gasteiger partial charge is 0.398 e. The fourth-order valence-electron chi connectivity index (χ4n) is 1.39. The average molecular weight is 342 g/mol. The number of nitrogens with zero attached hydrogens (tertiary/aromatic N) is 1. The van der Waals surface area contributed by atoms with Gasteiger partial charge in [-0.3, -0.25) is 10.1 Å². The van der Waals surface area contributed by atoms with Crippen molar-refractivity contribution in [3.05, 3.63) is 34.4 Å². The van der Waals surface area contributed by atoms with Gasteiger partial charge < -0.3 is 10.3 Å². The molecule has 1 aromatic carbocycles. The summed E-state index contributed by atoms with van der Waals surface area (Å²) in [5, 5.41) is 6.31. The number of carbonyl (C=O) groups excluding carboxylic acids is 1. The third-order valence-electron chi connectivity index (χ3n) is 2.22. The minimum atomic E-state index is -0.163. The standard InChI is InChI=1S/C12H12BrN3O2S/c1-7-4-12(18-16-7)15-11(17)6-19-10-3-2-8(13)5-9(10)14/h2-5H,6,14H2,1H3,(H,15,17). The van der Waals surface area contributed by atoms with Gasteiger partial charge in [-0.2, -0.15) is 0 Å². The number of rotatable bonds is 4. The van der Waals surface area contributed by atoms with Crippen LogP contribution in [0.3, 0.4) is 0 Å². The van der Waals surface area contributed by atoms with Crippen LogP contribution in [0.1, 0.15) is 5.69 Å². The molecule has 0 saturated heterocycles. The number of halogens is 1. The number of benzene rings is 1. The zero-order valence-corrected chi connectivity index (χ0v) is 12.5. The molecule has 0 fully saturated rings. The quantitative estimate of drug-likeness (QED) is 0.659. The lowest BCUT2D eigenvalue weighted by Gasteiger charge is -2.05. The van der Waals surface area contributed by atoms with Gasteiger partial charge in [0.15, 0.2) is 0 Å². The molecule has 2 aromatic rings. The molecule has 7 heteroatoms. The summed E-state index contributed by atoms with van der Waals surface area (Å²) in [6.45, 7) is 1.79. The molecule has 0 unspecified atom stereocenters. The second-order valence-corrected chi connectivity index (χ2v) is 5.78. The number of nitrogens with one attached hydrogen (secondary N) is 1. The van der Waals surface area contributed by atoms with Gasteiger partial charge in [0, 0.05) is 21.1 Å². The lowest BCUT2D eigenvalue weighted by atomic mass is 10.3. The second-order valence-electron chi connectivity index (χ2n) is 3.85. The summed E-state index contributed by atoms with van der Waals surface area (Å²) in [7, 11) is 0.